The molecule has 0 saturated heterocycles. The molecule has 0 spiro atoms. The third-order valence-corrected chi connectivity index (χ3v) is 6.29. The Kier molecular flexibility index (Phi) is 7.47. The lowest BCUT2D eigenvalue weighted by Gasteiger charge is -2.15. The van der Waals surface area contributed by atoms with Crippen LogP contribution in [0.3, 0.4) is 0 Å². The van der Waals surface area contributed by atoms with Gasteiger partial charge in [0.1, 0.15) is 17.1 Å². The number of carbonyl (C=O) groups is 1. The van der Waals surface area contributed by atoms with Crippen LogP contribution in [0.25, 0.3) is 27.7 Å². The molecule has 0 saturated carbocycles. The number of halogens is 1. The average Bonchev–Trinajstić information content (AvgIpc) is 3.29. The number of amides is 1. The predicted molar refractivity (Wildman–Crippen MR) is 141 cm³/mol. The van der Waals surface area contributed by atoms with E-state index in [1.54, 1.807) is 19.4 Å². The van der Waals surface area contributed by atoms with E-state index in [1.165, 1.54) is 0 Å². The van der Waals surface area contributed by atoms with Crippen molar-refractivity contribution in [2.45, 2.75) is 27.3 Å². The number of hydrogen-bond donors (Lipinski definition) is 1. The van der Waals surface area contributed by atoms with Crippen molar-refractivity contribution in [1.29, 1.82) is 0 Å². The first-order valence-electron chi connectivity index (χ1n) is 11.4. The standard InChI is InChI=1S/C29H28ClNO4/c1-5-34-28-19(3)29-24(25(17-35-29)20-10-12-22(33-4)13-11-20)15-23(28)18(2)14-27(32)31-16-21-8-6-7-9-26(21)30/h6-15,17H,5,16H2,1-4H3,(H,31,32)/b18-14+. The van der Waals surface area contributed by atoms with Gasteiger partial charge >= 0.3 is 0 Å². The molecule has 0 unspecified atom stereocenters. The van der Waals surface area contributed by atoms with Crippen molar-refractivity contribution in [3.8, 4) is 22.6 Å². The smallest absolute Gasteiger partial charge is 0.244 e. The number of hydrogen-bond acceptors (Lipinski definition) is 4. The minimum Gasteiger partial charge on any atom is -0.497 e. The zero-order valence-electron chi connectivity index (χ0n) is 20.3. The summed E-state index contributed by atoms with van der Waals surface area (Å²) >= 11 is 6.21. The van der Waals surface area contributed by atoms with E-state index in [2.05, 4.69) is 5.32 Å². The maximum absolute atomic E-state index is 12.7. The maximum atomic E-state index is 12.7. The number of benzene rings is 3. The predicted octanol–water partition coefficient (Wildman–Crippen LogP) is 7.19. The van der Waals surface area contributed by atoms with Crippen molar-refractivity contribution in [2.24, 2.45) is 0 Å². The van der Waals surface area contributed by atoms with E-state index in [4.69, 9.17) is 25.5 Å². The molecule has 0 bridgehead atoms. The molecule has 6 heteroatoms. The SMILES string of the molecule is CCOc1c(/C(C)=C/C(=O)NCc2ccccc2Cl)cc2c(-c3ccc(OC)cc3)coc2c1C. The number of ether oxygens (including phenoxy) is 2. The highest BCUT2D eigenvalue weighted by Crippen LogP contribution is 2.41. The normalized spacial score (nSPS) is 11.5. The molecule has 0 aliphatic heterocycles. The van der Waals surface area contributed by atoms with Crippen molar-refractivity contribution in [1.82, 2.24) is 5.32 Å². The Bertz CT molecular complexity index is 1390. The second kappa shape index (κ2) is 10.7. The molecule has 0 aliphatic carbocycles. The lowest BCUT2D eigenvalue weighted by Crippen LogP contribution is -2.20. The van der Waals surface area contributed by atoms with Crippen LogP contribution in [0, 0.1) is 6.92 Å². The molecule has 0 atom stereocenters. The summed E-state index contributed by atoms with van der Waals surface area (Å²) < 4.78 is 17.3. The van der Waals surface area contributed by atoms with Crippen molar-refractivity contribution in [3.63, 3.8) is 0 Å². The number of nitrogens with one attached hydrogen (secondary N) is 1. The van der Waals surface area contributed by atoms with Crippen molar-refractivity contribution in [2.75, 3.05) is 13.7 Å². The molecule has 1 N–H and O–H groups in total. The molecule has 5 nitrogen and oxygen atoms in total. The highest BCUT2D eigenvalue weighted by atomic mass is 35.5. The number of furan rings is 1. The van der Waals surface area contributed by atoms with E-state index in [0.29, 0.717) is 23.9 Å². The Balaban J connectivity index is 1.70. The minimum absolute atomic E-state index is 0.204. The zero-order chi connectivity index (χ0) is 24.9. The summed E-state index contributed by atoms with van der Waals surface area (Å²) in [5.74, 6) is 1.30. The molecule has 35 heavy (non-hydrogen) atoms. The third-order valence-electron chi connectivity index (χ3n) is 5.92. The summed E-state index contributed by atoms with van der Waals surface area (Å²) in [7, 11) is 1.65. The summed E-state index contributed by atoms with van der Waals surface area (Å²) in [6.45, 7) is 6.67. The van der Waals surface area contributed by atoms with Gasteiger partial charge in [-0.2, -0.15) is 0 Å². The van der Waals surface area contributed by atoms with Crippen molar-refractivity contribution in [3.05, 3.63) is 88.6 Å². The summed E-state index contributed by atoms with van der Waals surface area (Å²) in [4.78, 5) is 12.7. The fourth-order valence-corrected chi connectivity index (χ4v) is 4.29. The van der Waals surface area contributed by atoms with E-state index in [-0.39, 0.29) is 5.91 Å². The maximum Gasteiger partial charge on any atom is 0.244 e. The van der Waals surface area contributed by atoms with E-state index >= 15 is 0 Å². The molecule has 0 fully saturated rings. The Morgan fingerprint density at radius 1 is 1.14 bits per heavy atom. The molecular formula is C29H28ClNO4. The van der Waals surface area contributed by atoms with Gasteiger partial charge in [0.15, 0.2) is 0 Å². The number of carbonyl (C=O) groups excluding carboxylic acids is 1. The number of methoxy groups -OCH3 is 1. The summed E-state index contributed by atoms with van der Waals surface area (Å²) in [5, 5.41) is 4.49. The van der Waals surface area contributed by atoms with Crippen LogP contribution >= 0.6 is 11.6 Å². The van der Waals surface area contributed by atoms with E-state index in [0.717, 1.165) is 50.1 Å². The topological polar surface area (TPSA) is 60.7 Å². The van der Waals surface area contributed by atoms with Crippen molar-refractivity contribution >= 4 is 34.1 Å². The van der Waals surface area contributed by atoms with Gasteiger partial charge in [-0.25, -0.2) is 0 Å². The van der Waals surface area contributed by atoms with Crippen LogP contribution in [-0.2, 0) is 11.3 Å². The van der Waals surface area contributed by atoms with Crippen LogP contribution in [0.1, 0.15) is 30.5 Å². The van der Waals surface area contributed by atoms with Gasteiger partial charge in [0.05, 0.1) is 20.0 Å². The van der Waals surface area contributed by atoms with Gasteiger partial charge in [-0.05, 0) is 61.7 Å². The molecule has 0 radical (unpaired) electrons. The molecule has 4 aromatic rings. The fourth-order valence-electron chi connectivity index (χ4n) is 4.08. The second-order valence-corrected chi connectivity index (χ2v) is 8.61. The molecule has 1 aromatic heterocycles. The Morgan fingerprint density at radius 2 is 1.89 bits per heavy atom. The van der Waals surface area contributed by atoms with Gasteiger partial charge in [0.25, 0.3) is 0 Å². The molecular weight excluding hydrogens is 462 g/mol. The van der Waals surface area contributed by atoms with Gasteiger partial charge in [-0.15, -0.1) is 0 Å². The number of allylic oxidation sites excluding steroid dienone is 1. The average molecular weight is 490 g/mol. The van der Waals surface area contributed by atoms with Gasteiger partial charge in [0.2, 0.25) is 5.91 Å². The van der Waals surface area contributed by atoms with Crippen LogP contribution in [0.2, 0.25) is 5.02 Å². The third kappa shape index (κ3) is 5.20. The molecule has 180 valence electrons. The zero-order valence-corrected chi connectivity index (χ0v) is 21.0. The largest absolute Gasteiger partial charge is 0.497 e. The molecule has 4 rings (SSSR count). The fraction of sp³-hybridized carbons (Fsp3) is 0.207. The Labute approximate surface area is 210 Å². The Hall–Kier alpha value is -3.70. The minimum atomic E-state index is -0.204. The van der Waals surface area contributed by atoms with Gasteiger partial charge < -0.3 is 19.2 Å². The first kappa shape index (κ1) is 24.4. The van der Waals surface area contributed by atoms with Gasteiger partial charge in [-0.1, -0.05) is 41.9 Å². The van der Waals surface area contributed by atoms with E-state index in [9.17, 15) is 4.79 Å². The highest BCUT2D eigenvalue weighted by molar-refractivity contribution is 6.31. The number of fused-ring (bicyclic) bond motifs is 1. The van der Waals surface area contributed by atoms with Gasteiger partial charge in [0, 0.05) is 39.7 Å². The van der Waals surface area contributed by atoms with Crippen LogP contribution in [0.4, 0.5) is 0 Å². The first-order chi connectivity index (χ1) is 16.9. The summed E-state index contributed by atoms with van der Waals surface area (Å²) in [6.07, 6.45) is 3.35. The van der Waals surface area contributed by atoms with Crippen LogP contribution < -0.4 is 14.8 Å². The van der Waals surface area contributed by atoms with Gasteiger partial charge in [-0.3, -0.25) is 4.79 Å². The number of aryl methyl sites for hydroxylation is 1. The molecule has 1 heterocycles. The molecule has 1 amide bonds. The lowest BCUT2D eigenvalue weighted by molar-refractivity contribution is -0.116. The highest BCUT2D eigenvalue weighted by Gasteiger charge is 2.19. The summed E-state index contributed by atoms with van der Waals surface area (Å²) in [5.41, 5.74) is 6.13. The second-order valence-electron chi connectivity index (χ2n) is 8.20. The van der Waals surface area contributed by atoms with Crippen LogP contribution in [0.15, 0.2) is 71.4 Å². The molecule has 0 aliphatic rings. The van der Waals surface area contributed by atoms with Crippen LogP contribution in [-0.4, -0.2) is 19.6 Å². The van der Waals surface area contributed by atoms with E-state index < -0.39 is 0 Å². The number of rotatable bonds is 8. The van der Waals surface area contributed by atoms with Crippen molar-refractivity contribution < 1.29 is 18.7 Å². The quantitative estimate of drug-likeness (QED) is 0.266. The van der Waals surface area contributed by atoms with Crippen LogP contribution in [0.5, 0.6) is 11.5 Å². The summed E-state index contributed by atoms with van der Waals surface area (Å²) in [6, 6.07) is 17.3. The van der Waals surface area contributed by atoms with E-state index in [1.807, 2.05) is 75.4 Å². The lowest BCUT2D eigenvalue weighted by atomic mass is 9.96. The monoisotopic (exact) mass is 489 g/mol. The Morgan fingerprint density at radius 3 is 2.57 bits per heavy atom. The first-order valence-corrected chi connectivity index (χ1v) is 11.8. The molecule has 3 aromatic carbocycles.